The van der Waals surface area contributed by atoms with Crippen LogP contribution in [0.25, 0.3) is 11.4 Å². The van der Waals surface area contributed by atoms with Gasteiger partial charge in [0.15, 0.2) is 11.0 Å². The van der Waals surface area contributed by atoms with Crippen molar-refractivity contribution < 1.29 is 9.53 Å². The van der Waals surface area contributed by atoms with Gasteiger partial charge in [0.05, 0.1) is 12.9 Å². The SMILES string of the molecule is C=CCn1c(SCC(=O)N2CCCc3cc(OC)ccc32)nnc1-c1ccccc1. The number of fused-ring (bicyclic) bond motifs is 1. The molecule has 154 valence electrons. The number of thioether (sulfide) groups is 1. The van der Waals surface area contributed by atoms with Gasteiger partial charge in [-0.15, -0.1) is 16.8 Å². The van der Waals surface area contributed by atoms with Gasteiger partial charge >= 0.3 is 0 Å². The van der Waals surface area contributed by atoms with E-state index in [2.05, 4.69) is 16.8 Å². The molecular formula is C23H24N4O2S. The summed E-state index contributed by atoms with van der Waals surface area (Å²) in [7, 11) is 1.66. The van der Waals surface area contributed by atoms with Crippen LogP contribution < -0.4 is 9.64 Å². The molecule has 0 saturated heterocycles. The Morgan fingerprint density at radius 3 is 2.83 bits per heavy atom. The number of methoxy groups -OCH3 is 1. The summed E-state index contributed by atoms with van der Waals surface area (Å²) in [6.07, 6.45) is 3.72. The van der Waals surface area contributed by atoms with E-state index in [0.29, 0.717) is 17.5 Å². The smallest absolute Gasteiger partial charge is 0.237 e. The van der Waals surface area contributed by atoms with E-state index in [9.17, 15) is 4.79 Å². The summed E-state index contributed by atoms with van der Waals surface area (Å²) >= 11 is 1.41. The number of amides is 1. The number of hydrogen-bond donors (Lipinski definition) is 0. The third kappa shape index (κ3) is 4.11. The van der Waals surface area contributed by atoms with Crippen molar-refractivity contribution in [3.05, 3.63) is 66.7 Å². The average molecular weight is 421 g/mol. The fourth-order valence-electron chi connectivity index (χ4n) is 3.65. The number of rotatable bonds is 7. The number of anilines is 1. The number of allylic oxidation sites excluding steroid dienone is 1. The molecule has 4 rings (SSSR count). The minimum atomic E-state index is 0.0699. The first-order chi connectivity index (χ1) is 14.7. The van der Waals surface area contributed by atoms with Gasteiger partial charge in [0.1, 0.15) is 5.75 Å². The Hall–Kier alpha value is -3.06. The van der Waals surface area contributed by atoms with Crippen LogP contribution in [0.2, 0.25) is 0 Å². The highest BCUT2D eigenvalue weighted by Crippen LogP contribution is 2.31. The predicted octanol–water partition coefficient (Wildman–Crippen LogP) is 4.21. The molecule has 2 heterocycles. The predicted molar refractivity (Wildman–Crippen MR) is 120 cm³/mol. The van der Waals surface area contributed by atoms with Crippen LogP contribution in [0.1, 0.15) is 12.0 Å². The number of aryl methyl sites for hydroxylation is 1. The normalized spacial score (nSPS) is 13.0. The molecule has 0 saturated carbocycles. The van der Waals surface area contributed by atoms with Gasteiger partial charge in [-0.25, -0.2) is 0 Å². The number of carbonyl (C=O) groups excluding carboxylic acids is 1. The number of hydrogen-bond acceptors (Lipinski definition) is 5. The Morgan fingerprint density at radius 2 is 2.07 bits per heavy atom. The van der Waals surface area contributed by atoms with Gasteiger partial charge < -0.3 is 9.64 Å². The second kappa shape index (κ2) is 9.17. The van der Waals surface area contributed by atoms with Crippen LogP contribution in [0.5, 0.6) is 5.75 Å². The van der Waals surface area contributed by atoms with Crippen molar-refractivity contribution >= 4 is 23.4 Å². The highest BCUT2D eigenvalue weighted by Gasteiger charge is 2.24. The summed E-state index contributed by atoms with van der Waals surface area (Å²) in [6, 6.07) is 15.8. The fraction of sp³-hybridized carbons (Fsp3) is 0.261. The van der Waals surface area contributed by atoms with Crippen molar-refractivity contribution in [3.63, 3.8) is 0 Å². The summed E-state index contributed by atoms with van der Waals surface area (Å²) < 4.78 is 7.32. The average Bonchev–Trinajstić information content (AvgIpc) is 3.20. The summed E-state index contributed by atoms with van der Waals surface area (Å²) in [6.45, 7) is 5.16. The maximum Gasteiger partial charge on any atom is 0.237 e. The topological polar surface area (TPSA) is 60.2 Å². The Labute approximate surface area is 180 Å². The summed E-state index contributed by atoms with van der Waals surface area (Å²) in [5.74, 6) is 1.97. The third-order valence-corrected chi connectivity index (χ3v) is 6.04. The molecule has 3 aromatic rings. The summed E-state index contributed by atoms with van der Waals surface area (Å²) in [5, 5.41) is 9.41. The van der Waals surface area contributed by atoms with Crippen LogP contribution in [0, 0.1) is 0 Å². The van der Waals surface area contributed by atoms with Crippen LogP contribution in [0.3, 0.4) is 0 Å². The van der Waals surface area contributed by atoms with Gasteiger partial charge in [0, 0.05) is 24.3 Å². The first-order valence-electron chi connectivity index (χ1n) is 9.91. The van der Waals surface area contributed by atoms with E-state index in [4.69, 9.17) is 4.74 Å². The molecule has 1 aliphatic rings. The highest BCUT2D eigenvalue weighted by molar-refractivity contribution is 7.99. The molecule has 1 aromatic heterocycles. The summed E-state index contributed by atoms with van der Waals surface area (Å²) in [5.41, 5.74) is 3.12. The zero-order valence-corrected chi connectivity index (χ0v) is 17.8. The van der Waals surface area contributed by atoms with Crippen molar-refractivity contribution in [1.82, 2.24) is 14.8 Å². The van der Waals surface area contributed by atoms with Crippen molar-refractivity contribution in [1.29, 1.82) is 0 Å². The Kier molecular flexibility index (Phi) is 6.18. The number of ether oxygens (including phenoxy) is 1. The fourth-order valence-corrected chi connectivity index (χ4v) is 4.48. The highest BCUT2D eigenvalue weighted by atomic mass is 32.2. The zero-order valence-electron chi connectivity index (χ0n) is 17.0. The van der Waals surface area contributed by atoms with Gasteiger partial charge in [-0.1, -0.05) is 48.2 Å². The van der Waals surface area contributed by atoms with Crippen LogP contribution in [0.15, 0.2) is 66.3 Å². The van der Waals surface area contributed by atoms with E-state index < -0.39 is 0 Å². The van der Waals surface area contributed by atoms with E-state index in [1.54, 1.807) is 7.11 Å². The number of nitrogens with zero attached hydrogens (tertiary/aromatic N) is 4. The Morgan fingerprint density at radius 1 is 1.23 bits per heavy atom. The second-order valence-corrected chi connectivity index (χ2v) is 7.95. The molecule has 6 nitrogen and oxygen atoms in total. The lowest BCUT2D eigenvalue weighted by Crippen LogP contribution is -2.36. The van der Waals surface area contributed by atoms with Gasteiger partial charge in [-0.2, -0.15) is 0 Å². The van der Waals surface area contributed by atoms with Crippen molar-refractivity contribution in [2.75, 3.05) is 24.3 Å². The van der Waals surface area contributed by atoms with Crippen molar-refractivity contribution in [3.8, 4) is 17.1 Å². The van der Waals surface area contributed by atoms with Crippen molar-refractivity contribution in [2.45, 2.75) is 24.5 Å². The Balaban J connectivity index is 1.51. The molecule has 0 bridgehead atoms. The molecule has 0 atom stereocenters. The lowest BCUT2D eigenvalue weighted by Gasteiger charge is -2.29. The second-order valence-electron chi connectivity index (χ2n) is 7.00. The van der Waals surface area contributed by atoms with E-state index in [1.165, 1.54) is 11.8 Å². The minimum absolute atomic E-state index is 0.0699. The first kappa shape index (κ1) is 20.2. The minimum Gasteiger partial charge on any atom is -0.497 e. The van der Waals surface area contributed by atoms with E-state index in [-0.39, 0.29) is 5.91 Å². The lowest BCUT2D eigenvalue weighted by molar-refractivity contribution is -0.116. The van der Waals surface area contributed by atoms with Crippen LogP contribution in [-0.4, -0.2) is 40.1 Å². The van der Waals surface area contributed by atoms with Gasteiger partial charge in [0.2, 0.25) is 5.91 Å². The number of aromatic nitrogens is 3. The number of benzene rings is 2. The molecule has 0 unspecified atom stereocenters. The standard InChI is InChI=1S/C23H24N4O2S/c1-3-13-27-22(17-8-5-4-6-9-17)24-25-23(27)30-16-21(28)26-14-7-10-18-15-19(29-2)11-12-20(18)26/h3-6,8-9,11-12,15H,1,7,10,13-14,16H2,2H3. The van der Waals surface area contributed by atoms with Crippen LogP contribution >= 0.6 is 11.8 Å². The van der Waals surface area contributed by atoms with Gasteiger partial charge in [0.25, 0.3) is 0 Å². The van der Waals surface area contributed by atoms with Crippen LogP contribution in [-0.2, 0) is 17.8 Å². The molecule has 0 radical (unpaired) electrons. The molecule has 1 amide bonds. The molecule has 0 fully saturated rings. The molecule has 0 spiro atoms. The maximum atomic E-state index is 13.0. The Bertz CT molecular complexity index is 1050. The zero-order chi connectivity index (χ0) is 20.9. The maximum absolute atomic E-state index is 13.0. The molecular weight excluding hydrogens is 396 g/mol. The van der Waals surface area contributed by atoms with Gasteiger partial charge in [-0.05, 0) is 36.6 Å². The molecule has 7 heteroatoms. The van der Waals surface area contributed by atoms with E-state index in [1.807, 2.05) is 64.1 Å². The summed E-state index contributed by atoms with van der Waals surface area (Å²) in [4.78, 5) is 14.9. The molecule has 2 aromatic carbocycles. The van der Waals surface area contributed by atoms with Crippen molar-refractivity contribution in [2.24, 2.45) is 0 Å². The quantitative estimate of drug-likeness (QED) is 0.423. The largest absolute Gasteiger partial charge is 0.497 e. The lowest BCUT2D eigenvalue weighted by atomic mass is 10.0. The molecule has 30 heavy (non-hydrogen) atoms. The molecule has 0 N–H and O–H groups in total. The molecule has 1 aliphatic heterocycles. The van der Waals surface area contributed by atoms with Gasteiger partial charge in [-0.3, -0.25) is 9.36 Å². The van der Waals surface area contributed by atoms with E-state index >= 15 is 0 Å². The molecule has 0 aliphatic carbocycles. The number of carbonyl (C=O) groups is 1. The van der Waals surface area contributed by atoms with Crippen LogP contribution in [0.4, 0.5) is 5.69 Å². The van der Waals surface area contributed by atoms with E-state index in [0.717, 1.165) is 47.8 Å². The third-order valence-electron chi connectivity index (χ3n) is 5.09. The monoisotopic (exact) mass is 420 g/mol. The first-order valence-corrected chi connectivity index (χ1v) is 10.9.